The number of rotatable bonds is 15. The Morgan fingerprint density at radius 3 is 1.24 bits per heavy atom. The van der Waals surface area contributed by atoms with Crippen molar-refractivity contribution in [3.8, 4) is 0 Å². The first-order valence-corrected chi connectivity index (χ1v) is 29.9. The van der Waals surface area contributed by atoms with E-state index in [1.807, 2.05) is 0 Å². The summed E-state index contributed by atoms with van der Waals surface area (Å²) in [4.78, 5) is 25.1. The third kappa shape index (κ3) is 9.71. The Bertz CT molecular complexity index is 1860. The quantitative estimate of drug-likeness (QED) is 0.0866. The predicted octanol–water partition coefficient (Wildman–Crippen LogP) is 8.32. The first-order valence-electron chi connectivity index (χ1n) is 26.7. The molecular formula is C52H88N2O10S2. The van der Waals surface area contributed by atoms with E-state index in [0.717, 1.165) is 51.4 Å². The minimum atomic E-state index is -4.10. The molecule has 8 fully saturated rings. The molecule has 14 heteroatoms. The van der Waals surface area contributed by atoms with E-state index in [1.165, 1.54) is 64.2 Å². The summed E-state index contributed by atoms with van der Waals surface area (Å²) < 4.78 is 62.4. The molecule has 12 nitrogen and oxygen atoms in total. The average molecular weight is 965 g/mol. The molecule has 0 heterocycles. The Labute approximate surface area is 398 Å². The first kappa shape index (κ1) is 51.0. The van der Waals surface area contributed by atoms with Crippen molar-refractivity contribution in [3.63, 3.8) is 0 Å². The largest absolute Gasteiger partial charge is 0.393 e. The zero-order valence-electron chi connectivity index (χ0n) is 41.3. The molecule has 0 aromatic rings. The van der Waals surface area contributed by atoms with Crippen molar-refractivity contribution in [1.29, 1.82) is 0 Å². The van der Waals surface area contributed by atoms with Crippen LogP contribution < -0.4 is 10.6 Å². The number of nitrogens with one attached hydrogen (secondary N) is 2. The molecule has 4 unspecified atom stereocenters. The van der Waals surface area contributed by atoms with Gasteiger partial charge in [0.2, 0.25) is 11.8 Å². The molecule has 2 amide bonds. The fraction of sp³-hybridized carbons (Fsp3) is 0.962. The van der Waals surface area contributed by atoms with E-state index in [9.17, 15) is 36.6 Å². The normalized spacial score (nSPS) is 46.3. The van der Waals surface area contributed by atoms with Crippen LogP contribution in [0.15, 0.2) is 0 Å². The van der Waals surface area contributed by atoms with Crippen LogP contribution in [0.5, 0.6) is 0 Å². The van der Waals surface area contributed by atoms with Gasteiger partial charge in [-0.15, -0.1) is 0 Å². The second-order valence-electron chi connectivity index (χ2n) is 25.4. The van der Waals surface area contributed by atoms with E-state index in [1.54, 1.807) is 0 Å². The number of fused-ring (bicyclic) bond motifs is 10. The number of carbonyl (C=O) groups is 2. The second kappa shape index (κ2) is 19.0. The number of aliphatic hydroxyl groups is 2. The van der Waals surface area contributed by atoms with Crippen molar-refractivity contribution in [3.05, 3.63) is 0 Å². The summed E-state index contributed by atoms with van der Waals surface area (Å²) in [6, 6.07) is 0. The van der Waals surface area contributed by atoms with Gasteiger partial charge in [0.25, 0.3) is 20.2 Å². The lowest BCUT2D eigenvalue weighted by atomic mass is 9.41. The van der Waals surface area contributed by atoms with Crippen LogP contribution in [0.3, 0.4) is 0 Å². The highest BCUT2D eigenvalue weighted by atomic mass is 32.2. The van der Waals surface area contributed by atoms with Crippen LogP contribution in [0.4, 0.5) is 0 Å². The molecule has 66 heavy (non-hydrogen) atoms. The van der Waals surface area contributed by atoms with Crippen molar-refractivity contribution in [2.45, 2.75) is 182 Å². The van der Waals surface area contributed by atoms with Crippen molar-refractivity contribution < 1.29 is 45.7 Å². The molecule has 0 saturated heterocycles. The maximum Gasteiger partial charge on any atom is 0.266 e. The zero-order valence-corrected chi connectivity index (χ0v) is 42.9. The third-order valence-corrected chi connectivity index (χ3v) is 24.1. The molecule has 0 aromatic heterocycles. The molecule has 378 valence electrons. The number of hydrogen-bond acceptors (Lipinski definition) is 8. The molecule has 0 bridgehead atoms. The molecule has 20 atom stereocenters. The van der Waals surface area contributed by atoms with Crippen LogP contribution >= 0.6 is 0 Å². The van der Waals surface area contributed by atoms with Crippen LogP contribution in [-0.2, 0) is 29.8 Å². The van der Waals surface area contributed by atoms with Gasteiger partial charge < -0.3 is 20.8 Å². The molecule has 0 spiro atoms. The van der Waals surface area contributed by atoms with Crippen LogP contribution in [0, 0.1) is 105 Å². The van der Waals surface area contributed by atoms with E-state index in [2.05, 4.69) is 52.2 Å². The fourth-order valence-corrected chi connectivity index (χ4v) is 20.0. The summed E-state index contributed by atoms with van der Waals surface area (Å²) >= 11 is 0. The van der Waals surface area contributed by atoms with E-state index < -0.39 is 31.7 Å². The van der Waals surface area contributed by atoms with Gasteiger partial charge in [0, 0.05) is 25.9 Å². The Hall–Kier alpha value is -1.32. The summed E-state index contributed by atoms with van der Waals surface area (Å²) in [5.74, 6) is 5.70. The number of hydrogen-bond donors (Lipinski definition) is 6. The van der Waals surface area contributed by atoms with Gasteiger partial charge in [-0.2, -0.15) is 16.8 Å². The highest BCUT2D eigenvalue weighted by molar-refractivity contribution is 7.86. The van der Waals surface area contributed by atoms with Gasteiger partial charge in [-0.3, -0.25) is 18.7 Å². The minimum Gasteiger partial charge on any atom is -0.393 e. The van der Waals surface area contributed by atoms with Crippen LogP contribution in [-0.4, -0.2) is 84.8 Å². The summed E-state index contributed by atoms with van der Waals surface area (Å²) in [5.41, 5.74) is 0.809. The number of amides is 2. The van der Waals surface area contributed by atoms with Gasteiger partial charge in [-0.05, 0) is 220 Å². The van der Waals surface area contributed by atoms with Crippen molar-refractivity contribution in [2.75, 3.05) is 24.6 Å². The van der Waals surface area contributed by atoms with Crippen molar-refractivity contribution >= 4 is 32.1 Å². The molecule has 6 N–H and O–H groups in total. The van der Waals surface area contributed by atoms with Gasteiger partial charge in [-0.25, -0.2) is 0 Å². The van der Waals surface area contributed by atoms with Gasteiger partial charge in [0.15, 0.2) is 0 Å². The van der Waals surface area contributed by atoms with Gasteiger partial charge in [-0.1, -0.05) is 41.5 Å². The first-order chi connectivity index (χ1) is 30.9. The minimum absolute atomic E-state index is 0.0751. The molecule has 0 aromatic carbocycles. The Balaban J connectivity index is 0.848. The standard InChI is InChI=1S/C52H88N2O10S2/c1-31(7-13-45(57)53-23-25-65(59,60)61)37-9-11-39-47-41(17-21-51(37,39)5)49(3)19-15-33(27-35(49)29-43(47)55)34-16-20-50(4)36(28-34)30-44(56)48-40-12-10-38(52(40,6)22-18-42(48)50)32(2)8-14-46(58)54-24-26-66(62,63)64/h31-44,47-48,55-56H,7-30H2,1-6H3,(H,53,57)(H,54,58)(H,59,60,61)(H,62,63,64)/t31-,32+,33?,34?,35?,36?,37-,38-,39+,40+,41+,42+,43+,44+,47+,48+,49+,50+,51-,52-/m1/s1. The van der Waals surface area contributed by atoms with Gasteiger partial charge >= 0.3 is 0 Å². The highest BCUT2D eigenvalue weighted by Crippen LogP contribution is 2.72. The van der Waals surface area contributed by atoms with E-state index >= 15 is 0 Å². The Morgan fingerprint density at radius 2 is 0.879 bits per heavy atom. The lowest BCUT2D eigenvalue weighted by Crippen LogP contribution is -2.59. The van der Waals surface area contributed by atoms with Crippen LogP contribution in [0.25, 0.3) is 0 Å². The number of aliphatic hydroxyl groups excluding tert-OH is 2. The van der Waals surface area contributed by atoms with E-state index in [-0.39, 0.29) is 58.8 Å². The summed E-state index contributed by atoms with van der Waals surface area (Å²) in [6.07, 6.45) is 20.4. The third-order valence-electron chi connectivity index (χ3n) is 22.7. The van der Waals surface area contributed by atoms with Gasteiger partial charge in [0.1, 0.15) is 0 Å². The zero-order chi connectivity index (χ0) is 47.8. The topological polar surface area (TPSA) is 207 Å². The van der Waals surface area contributed by atoms with Crippen LogP contribution in [0.1, 0.15) is 170 Å². The Morgan fingerprint density at radius 1 is 0.530 bits per heavy atom. The summed E-state index contributed by atoms with van der Waals surface area (Å²) in [7, 11) is -8.21. The molecule has 0 aliphatic heterocycles. The highest BCUT2D eigenvalue weighted by Gasteiger charge is 2.65. The molecule has 8 aliphatic rings. The number of carbonyl (C=O) groups excluding carboxylic acids is 2. The molecule has 8 aliphatic carbocycles. The van der Waals surface area contributed by atoms with Gasteiger partial charge in [0.05, 0.1) is 23.7 Å². The summed E-state index contributed by atoms with van der Waals surface area (Å²) in [6.45, 7) is 14.6. The lowest BCUT2D eigenvalue weighted by molar-refractivity contribution is -0.183. The predicted molar refractivity (Wildman–Crippen MR) is 256 cm³/mol. The molecule has 8 saturated carbocycles. The molecule has 8 rings (SSSR count). The smallest absolute Gasteiger partial charge is 0.266 e. The second-order valence-corrected chi connectivity index (χ2v) is 28.6. The molecular weight excluding hydrogens is 877 g/mol. The monoisotopic (exact) mass is 965 g/mol. The Kier molecular flexibility index (Phi) is 14.7. The van der Waals surface area contributed by atoms with Crippen molar-refractivity contribution in [2.24, 2.45) is 105 Å². The maximum atomic E-state index is 12.6. The van der Waals surface area contributed by atoms with E-state index in [0.29, 0.717) is 95.7 Å². The fourth-order valence-electron chi connectivity index (χ4n) is 19.3. The average Bonchev–Trinajstić information content (AvgIpc) is 3.78. The SMILES string of the molecule is C[C@H](CCC(=O)NCCS(=O)(=O)O)[C@H]1CC[C@H]2[C@@H]3[C@@H](O)CC4CC(C5CC[C@@]6(C)C(C5)C[C@H](O)[C@H]5[C@@H]7CC[C@H]([C@@H](C)CCC(=O)NCCS(=O)(=O)O)[C@@]7(C)CC[C@@H]56)CC[C@]4(C)[C@H]3CC[C@]12C. The van der Waals surface area contributed by atoms with E-state index in [4.69, 9.17) is 9.11 Å². The maximum absolute atomic E-state index is 12.6. The van der Waals surface area contributed by atoms with Crippen molar-refractivity contribution in [1.82, 2.24) is 10.6 Å². The summed E-state index contributed by atoms with van der Waals surface area (Å²) in [5, 5.41) is 29.8. The van der Waals surface area contributed by atoms with Crippen LogP contribution in [0.2, 0.25) is 0 Å². The molecule has 0 radical (unpaired) electrons. The lowest BCUT2D eigenvalue weighted by Gasteiger charge is -2.64.